The van der Waals surface area contributed by atoms with Crippen molar-refractivity contribution in [3.63, 3.8) is 0 Å². The van der Waals surface area contributed by atoms with Crippen LogP contribution in [0.5, 0.6) is 0 Å². The molecule has 3 nitrogen and oxygen atoms in total. The smallest absolute Gasteiger partial charge is 0.223 e. The predicted molar refractivity (Wildman–Crippen MR) is 99.1 cm³/mol. The van der Waals surface area contributed by atoms with Gasteiger partial charge in [0.15, 0.2) is 0 Å². The van der Waals surface area contributed by atoms with Gasteiger partial charge in [0.2, 0.25) is 5.91 Å². The second-order valence-corrected chi connectivity index (χ2v) is 7.75. The normalized spacial score (nSPS) is 21.4. The van der Waals surface area contributed by atoms with Crippen LogP contribution in [0.15, 0.2) is 24.3 Å². The molecule has 1 aliphatic carbocycles. The van der Waals surface area contributed by atoms with E-state index in [0.717, 1.165) is 50.3 Å². The lowest BCUT2D eigenvalue weighted by Crippen LogP contribution is -2.43. The van der Waals surface area contributed by atoms with Gasteiger partial charge < -0.3 is 5.32 Å². The Morgan fingerprint density at radius 3 is 2.38 bits per heavy atom. The highest BCUT2D eigenvalue weighted by Crippen LogP contribution is 2.23. The molecule has 0 unspecified atom stereocenters. The monoisotopic (exact) mass is 348 g/mol. The average molecular weight is 349 g/mol. The zero-order valence-electron chi connectivity index (χ0n) is 14.5. The molecular formula is C20H29ClN2O. The first kappa shape index (κ1) is 17.8. The minimum atomic E-state index is 0.191. The lowest BCUT2D eigenvalue weighted by atomic mass is 9.94. The van der Waals surface area contributed by atoms with Crippen molar-refractivity contribution in [3.8, 4) is 0 Å². The molecule has 1 N–H and O–H groups in total. The number of piperidine rings is 1. The maximum atomic E-state index is 12.5. The molecule has 1 heterocycles. The molecule has 1 saturated carbocycles. The lowest BCUT2D eigenvalue weighted by Gasteiger charge is -2.32. The van der Waals surface area contributed by atoms with Crippen LogP contribution >= 0.6 is 11.6 Å². The van der Waals surface area contributed by atoms with E-state index in [2.05, 4.69) is 16.3 Å². The van der Waals surface area contributed by atoms with E-state index in [0.29, 0.717) is 11.9 Å². The molecule has 4 heteroatoms. The number of nitrogens with zero attached hydrogens (tertiary/aromatic N) is 1. The fourth-order valence-corrected chi connectivity index (χ4v) is 4.16. The molecule has 2 aliphatic rings. The minimum absolute atomic E-state index is 0.191. The zero-order valence-corrected chi connectivity index (χ0v) is 15.2. The van der Waals surface area contributed by atoms with E-state index >= 15 is 0 Å². The Kier molecular flexibility index (Phi) is 6.56. The van der Waals surface area contributed by atoms with Crippen LogP contribution in [0.1, 0.15) is 56.9 Å². The molecule has 0 aromatic heterocycles. The fraction of sp³-hybridized carbons (Fsp3) is 0.650. The summed E-state index contributed by atoms with van der Waals surface area (Å²) in [6.07, 6.45) is 9.43. The minimum Gasteiger partial charge on any atom is -0.353 e. The summed E-state index contributed by atoms with van der Waals surface area (Å²) in [5.74, 6) is 0.482. The number of nitrogens with one attached hydrogen (secondary N) is 1. The Morgan fingerprint density at radius 1 is 1.04 bits per heavy atom. The van der Waals surface area contributed by atoms with Gasteiger partial charge in [-0.2, -0.15) is 0 Å². The summed E-state index contributed by atoms with van der Waals surface area (Å²) in [6, 6.07) is 8.46. The Bertz CT molecular complexity index is 532. The van der Waals surface area contributed by atoms with E-state index in [9.17, 15) is 4.79 Å². The zero-order chi connectivity index (χ0) is 16.8. The molecule has 132 valence electrons. The highest BCUT2D eigenvalue weighted by atomic mass is 35.5. The molecule has 0 bridgehead atoms. The molecule has 0 radical (unpaired) electrons. The maximum absolute atomic E-state index is 12.5. The average Bonchev–Trinajstić information content (AvgIpc) is 2.86. The van der Waals surface area contributed by atoms with E-state index in [4.69, 9.17) is 11.6 Å². The summed E-state index contributed by atoms with van der Waals surface area (Å²) in [5, 5.41) is 4.16. The number of benzene rings is 1. The van der Waals surface area contributed by atoms with Crippen LogP contribution in [-0.2, 0) is 11.3 Å². The fourth-order valence-electron chi connectivity index (χ4n) is 3.96. The SMILES string of the molecule is O=C(NC1CCCCCC1)C1CCN(Cc2ccccc2Cl)CC1. The molecule has 24 heavy (non-hydrogen) atoms. The predicted octanol–water partition coefficient (Wildman–Crippen LogP) is 4.39. The largest absolute Gasteiger partial charge is 0.353 e. The van der Waals surface area contributed by atoms with E-state index in [1.807, 2.05) is 18.2 Å². The van der Waals surface area contributed by atoms with Gasteiger partial charge in [-0.25, -0.2) is 0 Å². The summed E-state index contributed by atoms with van der Waals surface area (Å²) >= 11 is 6.25. The van der Waals surface area contributed by atoms with Gasteiger partial charge in [0.25, 0.3) is 0 Å². The molecule has 0 spiro atoms. The van der Waals surface area contributed by atoms with Crippen LogP contribution in [-0.4, -0.2) is 29.9 Å². The second kappa shape index (κ2) is 8.87. The molecule has 1 amide bonds. The van der Waals surface area contributed by atoms with Crippen LogP contribution in [0.2, 0.25) is 5.02 Å². The van der Waals surface area contributed by atoms with E-state index in [1.54, 1.807) is 0 Å². The number of likely N-dealkylation sites (tertiary alicyclic amines) is 1. The number of hydrogen-bond acceptors (Lipinski definition) is 2. The molecule has 1 aliphatic heterocycles. The van der Waals surface area contributed by atoms with Gasteiger partial charge in [-0.3, -0.25) is 9.69 Å². The summed E-state index contributed by atoms with van der Waals surface area (Å²) in [4.78, 5) is 15.0. The number of hydrogen-bond donors (Lipinski definition) is 1. The summed E-state index contributed by atoms with van der Waals surface area (Å²) in [6.45, 7) is 2.85. The first-order chi connectivity index (χ1) is 11.7. The van der Waals surface area contributed by atoms with Crippen molar-refractivity contribution in [2.75, 3.05) is 13.1 Å². The summed E-state index contributed by atoms with van der Waals surface area (Å²) in [5.41, 5.74) is 1.18. The highest BCUT2D eigenvalue weighted by molar-refractivity contribution is 6.31. The number of amides is 1. The van der Waals surface area contributed by atoms with Crippen LogP contribution in [0.3, 0.4) is 0 Å². The summed E-state index contributed by atoms with van der Waals surface area (Å²) in [7, 11) is 0. The maximum Gasteiger partial charge on any atom is 0.223 e. The van der Waals surface area contributed by atoms with Crippen molar-refractivity contribution in [1.29, 1.82) is 0 Å². The van der Waals surface area contributed by atoms with Gasteiger partial charge in [0.05, 0.1) is 0 Å². The Morgan fingerprint density at radius 2 is 1.71 bits per heavy atom. The van der Waals surface area contributed by atoms with E-state index in [-0.39, 0.29) is 5.92 Å². The van der Waals surface area contributed by atoms with Crippen LogP contribution < -0.4 is 5.32 Å². The van der Waals surface area contributed by atoms with Crippen LogP contribution in [0, 0.1) is 5.92 Å². The van der Waals surface area contributed by atoms with Crippen LogP contribution in [0.25, 0.3) is 0 Å². The van der Waals surface area contributed by atoms with Gasteiger partial charge in [0, 0.05) is 23.5 Å². The molecule has 1 saturated heterocycles. The number of carbonyl (C=O) groups excluding carboxylic acids is 1. The molecule has 0 atom stereocenters. The van der Waals surface area contributed by atoms with Gasteiger partial charge in [-0.15, -0.1) is 0 Å². The van der Waals surface area contributed by atoms with Crippen molar-refractivity contribution < 1.29 is 4.79 Å². The molecule has 2 fully saturated rings. The summed E-state index contributed by atoms with van der Waals surface area (Å²) < 4.78 is 0. The molecule has 1 aromatic rings. The number of carbonyl (C=O) groups is 1. The lowest BCUT2D eigenvalue weighted by molar-refractivity contribution is -0.127. The number of halogens is 1. The Hall–Kier alpha value is -1.06. The van der Waals surface area contributed by atoms with Gasteiger partial charge >= 0.3 is 0 Å². The van der Waals surface area contributed by atoms with Gasteiger partial charge in [-0.05, 0) is 50.4 Å². The molecular weight excluding hydrogens is 320 g/mol. The molecule has 3 rings (SSSR count). The van der Waals surface area contributed by atoms with Gasteiger partial charge in [-0.1, -0.05) is 55.5 Å². The van der Waals surface area contributed by atoms with Crippen LogP contribution in [0.4, 0.5) is 0 Å². The quantitative estimate of drug-likeness (QED) is 0.818. The van der Waals surface area contributed by atoms with Crippen molar-refractivity contribution in [1.82, 2.24) is 10.2 Å². The number of rotatable bonds is 4. The highest BCUT2D eigenvalue weighted by Gasteiger charge is 2.26. The molecule has 1 aromatic carbocycles. The Labute approximate surface area is 150 Å². The first-order valence-electron chi connectivity index (χ1n) is 9.48. The van der Waals surface area contributed by atoms with Crippen molar-refractivity contribution in [3.05, 3.63) is 34.9 Å². The second-order valence-electron chi connectivity index (χ2n) is 7.34. The van der Waals surface area contributed by atoms with Crippen molar-refractivity contribution in [2.45, 2.75) is 64.0 Å². The third-order valence-corrected chi connectivity index (χ3v) is 5.88. The third-order valence-electron chi connectivity index (χ3n) is 5.51. The van der Waals surface area contributed by atoms with E-state index in [1.165, 1.54) is 31.2 Å². The van der Waals surface area contributed by atoms with E-state index < -0.39 is 0 Å². The van der Waals surface area contributed by atoms with Gasteiger partial charge in [0.1, 0.15) is 0 Å². The first-order valence-corrected chi connectivity index (χ1v) is 9.86. The Balaban J connectivity index is 1.44. The van der Waals surface area contributed by atoms with Crippen molar-refractivity contribution in [2.24, 2.45) is 5.92 Å². The third kappa shape index (κ3) is 4.97. The standard InChI is InChI=1S/C20H29ClN2O/c21-19-10-6-5-7-17(19)15-23-13-11-16(12-14-23)20(24)22-18-8-3-1-2-4-9-18/h5-7,10,16,18H,1-4,8-9,11-15H2,(H,22,24). The topological polar surface area (TPSA) is 32.3 Å². The van der Waals surface area contributed by atoms with Crippen molar-refractivity contribution >= 4 is 17.5 Å².